The van der Waals surface area contributed by atoms with Crippen LogP contribution in [-0.4, -0.2) is 16.9 Å². The summed E-state index contributed by atoms with van der Waals surface area (Å²) in [5, 5.41) is 8.48. The molecule has 0 aliphatic heterocycles. The second kappa shape index (κ2) is 22.2. The van der Waals surface area contributed by atoms with Gasteiger partial charge in [0.25, 0.3) is 0 Å². The third kappa shape index (κ3) is 10.7. The van der Waals surface area contributed by atoms with Crippen LogP contribution in [0, 0.1) is 24.7 Å². The van der Waals surface area contributed by atoms with E-state index in [2.05, 4.69) is 187 Å². The molecule has 0 amide bonds. The third-order valence-electron chi connectivity index (χ3n) is 11.1. The van der Waals surface area contributed by atoms with Crippen molar-refractivity contribution >= 4 is 58.9 Å². The molecule has 304 valence electrons. The molecule has 1 aromatic heterocycles. The number of nitrogens with zero attached hydrogens (tertiary/aromatic N) is 1. The Morgan fingerprint density at radius 3 is 1.36 bits per heavy atom. The number of aryl methyl sites for hydroxylation is 1. The average Bonchev–Trinajstić information content (AvgIpc) is 3.83. The van der Waals surface area contributed by atoms with E-state index >= 15 is 0 Å². The van der Waals surface area contributed by atoms with Crippen LogP contribution in [0.2, 0.25) is 0 Å². The van der Waals surface area contributed by atoms with Crippen molar-refractivity contribution in [3.63, 3.8) is 0 Å². The van der Waals surface area contributed by atoms with E-state index in [1.807, 2.05) is 42.5 Å². The Hall–Kier alpha value is -4.98. The molecule has 1 aliphatic carbocycles. The van der Waals surface area contributed by atoms with Gasteiger partial charge in [0.05, 0.1) is 37.1 Å². The second-order valence-corrected chi connectivity index (χ2v) is 19.9. The topological polar surface area (TPSA) is 4.93 Å². The summed E-state index contributed by atoms with van der Waals surface area (Å²) in [6.07, 6.45) is 17.9. The quantitative estimate of drug-likeness (QED) is 0.0649. The molecule has 1 aliphatic rings. The van der Waals surface area contributed by atoms with Crippen molar-refractivity contribution in [1.29, 1.82) is 0 Å². The molecule has 0 unspecified atom stereocenters. The molecule has 9 aromatic rings. The van der Waals surface area contributed by atoms with Gasteiger partial charge in [0.2, 0.25) is 0 Å². The molecular weight excluding hydrogens is 1140 g/mol. The fourth-order valence-electron chi connectivity index (χ4n) is 8.17. The van der Waals surface area contributed by atoms with E-state index in [1.165, 1.54) is 77.6 Å². The summed E-state index contributed by atoms with van der Waals surface area (Å²) in [7, 11) is 0.501. The van der Waals surface area contributed by atoms with Crippen LogP contribution in [0.4, 0.5) is 0 Å². The normalized spacial score (nSPS) is 10.8. The fraction of sp³-hybridized carbons (Fsp3) is 0.0714. The molecule has 0 saturated carbocycles. The van der Waals surface area contributed by atoms with Crippen LogP contribution < -0.4 is 21.2 Å². The summed E-state index contributed by atoms with van der Waals surface area (Å²) in [6.45, 7) is 0. The fourth-order valence-corrected chi connectivity index (χ4v) is 14.4. The molecule has 0 radical (unpaired) electrons. The molecule has 0 spiro atoms. The summed E-state index contributed by atoms with van der Waals surface area (Å²) in [5.41, 5.74) is 9.41. The molecule has 0 bridgehead atoms. The van der Waals surface area contributed by atoms with E-state index in [0.29, 0.717) is 0 Å². The largest absolute Gasteiger partial charge is 1.00 e. The average molecular weight is 1190 g/mol. The van der Waals surface area contributed by atoms with Crippen molar-refractivity contribution in [2.24, 2.45) is 7.05 Å². The SMILES string of the molecule is [Au+].[Au+].[C-]#Cc1ccc2c(c1)-c1ccccc1C2.[C-]#Cc1ccc2c(c1)c1ccccc1n2C.c1ccc([PH+](CC[PH+](c2ccccc2)c2ccccc2)c2ccccc2)cc1. The van der Waals surface area contributed by atoms with Gasteiger partial charge in [0.15, 0.2) is 0 Å². The monoisotopic (exact) mass is 1190 g/mol. The Bertz CT molecular complexity index is 2730. The Morgan fingerprint density at radius 1 is 0.426 bits per heavy atom. The summed E-state index contributed by atoms with van der Waals surface area (Å²) in [4.78, 5) is 0. The number of hydrogen-bond acceptors (Lipinski definition) is 0. The van der Waals surface area contributed by atoms with Gasteiger partial charge >= 0.3 is 44.8 Å². The number of rotatable bonds is 7. The predicted molar refractivity (Wildman–Crippen MR) is 258 cm³/mol. The van der Waals surface area contributed by atoms with Gasteiger partial charge in [-0.3, -0.25) is 11.8 Å². The maximum absolute atomic E-state index is 7.18. The molecule has 0 atom stereocenters. The van der Waals surface area contributed by atoms with E-state index in [9.17, 15) is 0 Å². The van der Waals surface area contributed by atoms with Crippen LogP contribution in [-0.2, 0) is 58.2 Å². The van der Waals surface area contributed by atoms with Crippen LogP contribution in [0.1, 0.15) is 22.3 Å². The summed E-state index contributed by atoms with van der Waals surface area (Å²) >= 11 is 0. The molecule has 0 fully saturated rings. The van der Waals surface area contributed by atoms with Crippen molar-refractivity contribution in [3.8, 4) is 23.0 Å². The predicted octanol–water partition coefficient (Wildman–Crippen LogP) is 11.2. The second-order valence-electron chi connectivity index (χ2n) is 14.7. The first-order valence-corrected chi connectivity index (χ1v) is 23.5. The summed E-state index contributed by atoms with van der Waals surface area (Å²) < 4.78 is 2.18. The van der Waals surface area contributed by atoms with Gasteiger partial charge in [-0.15, -0.1) is 35.4 Å². The molecule has 5 heteroatoms. The smallest absolute Gasteiger partial charge is 0.366 e. The third-order valence-corrected chi connectivity index (χ3v) is 17.2. The van der Waals surface area contributed by atoms with Crippen LogP contribution in [0.5, 0.6) is 0 Å². The van der Waals surface area contributed by atoms with Crippen LogP contribution in [0.25, 0.3) is 32.9 Å². The van der Waals surface area contributed by atoms with Crippen molar-refractivity contribution in [1.82, 2.24) is 4.57 Å². The Morgan fingerprint density at radius 2 is 0.836 bits per heavy atom. The van der Waals surface area contributed by atoms with Crippen molar-refractivity contribution in [2.45, 2.75) is 6.42 Å². The minimum atomic E-state index is -0.783. The van der Waals surface area contributed by atoms with Crippen molar-refractivity contribution < 1.29 is 44.8 Å². The number of para-hydroxylation sites is 1. The molecule has 1 heterocycles. The van der Waals surface area contributed by atoms with E-state index in [-0.39, 0.29) is 44.8 Å². The maximum atomic E-state index is 7.18. The van der Waals surface area contributed by atoms with Gasteiger partial charge in [-0.05, 0) is 88.7 Å². The minimum Gasteiger partial charge on any atom is -0.366 e. The first-order chi connectivity index (χ1) is 29.1. The minimum absolute atomic E-state index is 0. The van der Waals surface area contributed by atoms with Gasteiger partial charge in [0, 0.05) is 23.5 Å². The summed E-state index contributed by atoms with van der Waals surface area (Å²) in [6, 6.07) is 73.4. The zero-order valence-corrected chi connectivity index (χ0v) is 40.1. The molecule has 1 nitrogen and oxygen atoms in total. The molecule has 10 rings (SSSR count). The van der Waals surface area contributed by atoms with Gasteiger partial charge in [-0.25, -0.2) is 0 Å². The van der Waals surface area contributed by atoms with Gasteiger partial charge in [0.1, 0.15) is 12.3 Å². The molecule has 0 N–H and O–H groups in total. The first-order valence-electron chi connectivity index (χ1n) is 20.1. The van der Waals surface area contributed by atoms with E-state index in [4.69, 9.17) is 12.8 Å². The van der Waals surface area contributed by atoms with Crippen molar-refractivity contribution in [2.75, 3.05) is 12.3 Å². The zero-order valence-electron chi connectivity index (χ0n) is 33.8. The first kappa shape index (κ1) is 45.5. The van der Waals surface area contributed by atoms with E-state index in [1.54, 1.807) is 0 Å². The summed E-state index contributed by atoms with van der Waals surface area (Å²) in [5.74, 6) is 4.87. The van der Waals surface area contributed by atoms with E-state index < -0.39 is 15.8 Å². The Kier molecular flexibility index (Phi) is 16.6. The van der Waals surface area contributed by atoms with Crippen molar-refractivity contribution in [3.05, 3.63) is 241 Å². The molecule has 0 saturated heterocycles. The van der Waals surface area contributed by atoms with Crippen LogP contribution in [0.3, 0.4) is 0 Å². The van der Waals surface area contributed by atoms with Crippen LogP contribution >= 0.6 is 15.8 Å². The number of fused-ring (bicyclic) bond motifs is 6. The standard InChI is InChI=1S/C26H24P2.C15H10N.C15H9.2Au/c1-5-13-23(14-6-1)27(24-15-7-2-8-16-24)21-22-28(25-17-9-3-10-18-25)26-19-11-4-12-20-26;1-3-11-8-9-15-13(10-11)12-6-4-5-7-14(12)16(15)2;1-2-11-7-8-13-10-12-5-3-4-6-14(12)15(13)9-11;;/h1-20H,21-22H2;4-10H,2H3;3-9H,10H2;;/q;2*-1;2*+1/p+2. The Labute approximate surface area is 395 Å². The molecule has 61 heavy (non-hydrogen) atoms. The van der Waals surface area contributed by atoms with E-state index in [0.717, 1.165) is 17.5 Å². The zero-order chi connectivity index (χ0) is 40.4. The Balaban J connectivity index is 0.000000161. The molecular formula is C56H45Au2NP2+2. The number of aromatic nitrogens is 1. The molecule has 8 aromatic carbocycles. The van der Waals surface area contributed by atoms with Gasteiger partial charge in [-0.2, -0.15) is 0 Å². The van der Waals surface area contributed by atoms with Crippen LogP contribution in [0.15, 0.2) is 206 Å². The number of benzene rings is 8. The number of hydrogen-bond donors (Lipinski definition) is 0. The maximum Gasteiger partial charge on any atom is 1.00 e. The van der Waals surface area contributed by atoms with Gasteiger partial charge < -0.3 is 17.4 Å². The van der Waals surface area contributed by atoms with Gasteiger partial charge in [-0.1, -0.05) is 127 Å².